The van der Waals surface area contributed by atoms with Gasteiger partial charge in [0, 0.05) is 49.2 Å². The van der Waals surface area contributed by atoms with E-state index in [2.05, 4.69) is 47.6 Å². The standard InChI is InChI=1S/C13H21N5/c1-13(2,3)12-10(9-18(4)17-12)7-14-8-11-5-6-15-16-11/h5-6,9,14H,7-8H2,1-4H3,(H,15,16). The Morgan fingerprint density at radius 1 is 1.33 bits per heavy atom. The van der Waals surface area contributed by atoms with Crippen molar-refractivity contribution >= 4 is 0 Å². The minimum absolute atomic E-state index is 0.0757. The highest BCUT2D eigenvalue weighted by Gasteiger charge is 2.21. The average Bonchev–Trinajstić information content (AvgIpc) is 2.87. The van der Waals surface area contributed by atoms with E-state index in [4.69, 9.17) is 0 Å². The van der Waals surface area contributed by atoms with Crippen LogP contribution < -0.4 is 5.32 Å². The first kappa shape index (κ1) is 12.8. The third kappa shape index (κ3) is 2.98. The summed E-state index contributed by atoms with van der Waals surface area (Å²) in [4.78, 5) is 0. The highest BCUT2D eigenvalue weighted by atomic mass is 15.3. The first-order chi connectivity index (χ1) is 8.47. The molecule has 0 atom stereocenters. The summed E-state index contributed by atoms with van der Waals surface area (Å²) < 4.78 is 1.88. The Labute approximate surface area is 108 Å². The summed E-state index contributed by atoms with van der Waals surface area (Å²) in [7, 11) is 1.97. The third-order valence-corrected chi connectivity index (χ3v) is 2.80. The maximum absolute atomic E-state index is 4.55. The fourth-order valence-electron chi connectivity index (χ4n) is 2.01. The van der Waals surface area contributed by atoms with Crippen LogP contribution in [0.1, 0.15) is 37.7 Å². The zero-order valence-electron chi connectivity index (χ0n) is 11.5. The smallest absolute Gasteiger partial charge is 0.0722 e. The maximum atomic E-state index is 4.55. The molecule has 0 aliphatic carbocycles. The minimum atomic E-state index is 0.0757. The average molecular weight is 247 g/mol. The van der Waals surface area contributed by atoms with Gasteiger partial charge in [0.25, 0.3) is 0 Å². The zero-order chi connectivity index (χ0) is 13.2. The number of H-pyrrole nitrogens is 1. The van der Waals surface area contributed by atoms with E-state index in [9.17, 15) is 0 Å². The van der Waals surface area contributed by atoms with Crippen molar-refractivity contribution in [3.05, 3.63) is 35.4 Å². The van der Waals surface area contributed by atoms with Crippen LogP contribution in [0.2, 0.25) is 0 Å². The van der Waals surface area contributed by atoms with Crippen molar-refractivity contribution in [2.75, 3.05) is 0 Å². The molecule has 0 fully saturated rings. The van der Waals surface area contributed by atoms with E-state index >= 15 is 0 Å². The van der Waals surface area contributed by atoms with Crippen LogP contribution in [0.15, 0.2) is 18.5 Å². The Morgan fingerprint density at radius 2 is 2.11 bits per heavy atom. The predicted molar refractivity (Wildman–Crippen MR) is 71.0 cm³/mol. The molecule has 0 radical (unpaired) electrons. The van der Waals surface area contributed by atoms with Crippen LogP contribution in [0.3, 0.4) is 0 Å². The molecule has 0 amide bonds. The number of rotatable bonds is 4. The van der Waals surface area contributed by atoms with E-state index in [0.29, 0.717) is 0 Å². The molecule has 2 aromatic rings. The van der Waals surface area contributed by atoms with E-state index in [1.807, 2.05) is 17.8 Å². The first-order valence-electron chi connectivity index (χ1n) is 6.19. The number of hydrogen-bond acceptors (Lipinski definition) is 3. The van der Waals surface area contributed by atoms with Crippen molar-refractivity contribution in [2.45, 2.75) is 39.3 Å². The van der Waals surface area contributed by atoms with Crippen LogP contribution in [0.25, 0.3) is 0 Å². The lowest BCUT2D eigenvalue weighted by molar-refractivity contribution is 0.543. The highest BCUT2D eigenvalue weighted by Crippen LogP contribution is 2.23. The fraction of sp³-hybridized carbons (Fsp3) is 0.538. The molecule has 2 rings (SSSR count). The molecule has 0 aliphatic rings. The number of hydrogen-bond donors (Lipinski definition) is 2. The SMILES string of the molecule is Cn1cc(CNCc2ccn[nH]2)c(C(C)(C)C)n1. The Balaban J connectivity index is 2.01. The molecule has 5 heteroatoms. The van der Waals surface area contributed by atoms with Crippen molar-refractivity contribution in [3.8, 4) is 0 Å². The van der Waals surface area contributed by atoms with Gasteiger partial charge in [-0.15, -0.1) is 0 Å². The van der Waals surface area contributed by atoms with Crippen molar-refractivity contribution in [1.29, 1.82) is 0 Å². The second kappa shape index (κ2) is 4.94. The molecule has 2 aromatic heterocycles. The van der Waals surface area contributed by atoms with Gasteiger partial charge in [0.15, 0.2) is 0 Å². The summed E-state index contributed by atoms with van der Waals surface area (Å²) in [6.07, 6.45) is 3.85. The second-order valence-electron chi connectivity index (χ2n) is 5.61. The molecule has 2 N–H and O–H groups in total. The van der Waals surface area contributed by atoms with Gasteiger partial charge in [0.05, 0.1) is 5.69 Å². The topological polar surface area (TPSA) is 58.5 Å². The van der Waals surface area contributed by atoms with E-state index in [-0.39, 0.29) is 5.41 Å². The Kier molecular flexibility index (Phi) is 3.52. The normalized spacial score (nSPS) is 12.0. The quantitative estimate of drug-likeness (QED) is 0.865. The van der Waals surface area contributed by atoms with E-state index in [0.717, 1.165) is 24.5 Å². The van der Waals surface area contributed by atoms with Crippen LogP contribution in [-0.2, 0) is 25.6 Å². The lowest BCUT2D eigenvalue weighted by atomic mass is 9.89. The van der Waals surface area contributed by atoms with Gasteiger partial charge in [0.1, 0.15) is 0 Å². The molecule has 98 valence electrons. The number of aromatic nitrogens is 4. The zero-order valence-corrected chi connectivity index (χ0v) is 11.5. The third-order valence-electron chi connectivity index (χ3n) is 2.80. The fourth-order valence-corrected chi connectivity index (χ4v) is 2.01. The lowest BCUT2D eigenvalue weighted by Gasteiger charge is -2.17. The van der Waals surface area contributed by atoms with Gasteiger partial charge in [-0.1, -0.05) is 20.8 Å². The van der Waals surface area contributed by atoms with E-state index in [1.165, 1.54) is 5.56 Å². The molecule has 0 saturated heterocycles. The Morgan fingerprint density at radius 3 is 2.72 bits per heavy atom. The summed E-state index contributed by atoms with van der Waals surface area (Å²) in [5.74, 6) is 0. The number of aromatic amines is 1. The van der Waals surface area contributed by atoms with Crippen molar-refractivity contribution < 1.29 is 0 Å². The predicted octanol–water partition coefficient (Wildman–Crippen LogP) is 1.73. The van der Waals surface area contributed by atoms with Gasteiger partial charge in [-0.05, 0) is 6.07 Å². The van der Waals surface area contributed by atoms with Crippen LogP contribution in [-0.4, -0.2) is 20.0 Å². The van der Waals surface area contributed by atoms with Crippen LogP contribution >= 0.6 is 0 Å². The molecule has 0 saturated carbocycles. The number of nitrogens with zero attached hydrogens (tertiary/aromatic N) is 3. The van der Waals surface area contributed by atoms with Gasteiger partial charge in [-0.2, -0.15) is 10.2 Å². The van der Waals surface area contributed by atoms with Crippen LogP contribution in [0, 0.1) is 0 Å². The van der Waals surface area contributed by atoms with Gasteiger partial charge >= 0.3 is 0 Å². The van der Waals surface area contributed by atoms with Gasteiger partial charge < -0.3 is 5.32 Å². The monoisotopic (exact) mass is 247 g/mol. The largest absolute Gasteiger partial charge is 0.307 e. The molecule has 0 spiro atoms. The summed E-state index contributed by atoms with van der Waals surface area (Å²) >= 11 is 0. The van der Waals surface area contributed by atoms with Gasteiger partial charge in [-0.25, -0.2) is 0 Å². The number of aryl methyl sites for hydroxylation is 1. The van der Waals surface area contributed by atoms with Crippen LogP contribution in [0.5, 0.6) is 0 Å². The minimum Gasteiger partial charge on any atom is -0.307 e. The van der Waals surface area contributed by atoms with E-state index in [1.54, 1.807) is 6.20 Å². The van der Waals surface area contributed by atoms with Gasteiger partial charge in [-0.3, -0.25) is 9.78 Å². The highest BCUT2D eigenvalue weighted by molar-refractivity contribution is 5.23. The lowest BCUT2D eigenvalue weighted by Crippen LogP contribution is -2.19. The molecule has 0 aromatic carbocycles. The Bertz CT molecular complexity index is 490. The maximum Gasteiger partial charge on any atom is 0.0722 e. The van der Waals surface area contributed by atoms with Crippen LogP contribution in [0.4, 0.5) is 0 Å². The van der Waals surface area contributed by atoms with Crippen molar-refractivity contribution in [1.82, 2.24) is 25.3 Å². The molecule has 0 bridgehead atoms. The first-order valence-corrected chi connectivity index (χ1v) is 6.19. The summed E-state index contributed by atoms with van der Waals surface area (Å²) in [6.45, 7) is 8.17. The molecule has 2 heterocycles. The van der Waals surface area contributed by atoms with Gasteiger partial charge in [0.2, 0.25) is 0 Å². The summed E-state index contributed by atoms with van der Waals surface area (Å²) in [5.41, 5.74) is 3.58. The summed E-state index contributed by atoms with van der Waals surface area (Å²) in [6, 6.07) is 1.97. The molecule has 0 aliphatic heterocycles. The summed E-state index contributed by atoms with van der Waals surface area (Å²) in [5, 5.41) is 14.8. The van der Waals surface area contributed by atoms with E-state index < -0.39 is 0 Å². The number of nitrogens with one attached hydrogen (secondary N) is 2. The van der Waals surface area contributed by atoms with Crippen molar-refractivity contribution in [3.63, 3.8) is 0 Å². The molecular formula is C13H21N5. The molecular weight excluding hydrogens is 226 g/mol. The second-order valence-corrected chi connectivity index (χ2v) is 5.61. The molecule has 0 unspecified atom stereocenters. The van der Waals surface area contributed by atoms with Crippen molar-refractivity contribution in [2.24, 2.45) is 7.05 Å². The Hall–Kier alpha value is -1.62. The molecule has 18 heavy (non-hydrogen) atoms. The molecule has 5 nitrogen and oxygen atoms in total.